The van der Waals surface area contributed by atoms with Crippen molar-refractivity contribution in [2.45, 2.75) is 18.9 Å². The Morgan fingerprint density at radius 3 is 2.61 bits per heavy atom. The van der Waals surface area contributed by atoms with Gasteiger partial charge in [0.05, 0.1) is 13.2 Å². The van der Waals surface area contributed by atoms with Crippen LogP contribution < -0.4 is 14.8 Å². The van der Waals surface area contributed by atoms with Crippen molar-refractivity contribution in [3.63, 3.8) is 0 Å². The normalized spacial score (nSPS) is 18.4. The monoisotopic (exact) mass is 446 g/mol. The van der Waals surface area contributed by atoms with E-state index in [0.29, 0.717) is 44.7 Å². The summed E-state index contributed by atoms with van der Waals surface area (Å²) in [4.78, 5) is 14.4. The molecule has 2 aliphatic rings. The van der Waals surface area contributed by atoms with Crippen LogP contribution in [0.2, 0.25) is 0 Å². The summed E-state index contributed by atoms with van der Waals surface area (Å²) in [5.74, 6) is 1.55. The molecule has 2 heterocycles. The van der Waals surface area contributed by atoms with Gasteiger partial charge in [0.2, 0.25) is 0 Å². The van der Waals surface area contributed by atoms with Gasteiger partial charge >= 0.3 is 0 Å². The second-order valence-electron chi connectivity index (χ2n) is 8.57. The molecule has 33 heavy (non-hydrogen) atoms. The Morgan fingerprint density at radius 2 is 1.82 bits per heavy atom. The van der Waals surface area contributed by atoms with Crippen LogP contribution >= 0.6 is 0 Å². The summed E-state index contributed by atoms with van der Waals surface area (Å²) in [7, 11) is 0. The Morgan fingerprint density at radius 1 is 1.00 bits per heavy atom. The van der Waals surface area contributed by atoms with Crippen LogP contribution in [-0.2, 0) is 9.53 Å². The van der Waals surface area contributed by atoms with Crippen LogP contribution in [0.25, 0.3) is 21.9 Å². The number of hydrogen-bond acceptors (Lipinski definition) is 5. The van der Waals surface area contributed by atoms with E-state index < -0.39 is 0 Å². The molecule has 0 aromatic heterocycles. The molecule has 2 aliphatic heterocycles. The third-order valence-corrected chi connectivity index (χ3v) is 6.36. The van der Waals surface area contributed by atoms with E-state index in [2.05, 4.69) is 29.6 Å². The molecule has 0 radical (unpaired) electrons. The largest absolute Gasteiger partial charge is 0.492 e. The first-order valence-corrected chi connectivity index (χ1v) is 11.7. The lowest BCUT2D eigenvalue weighted by molar-refractivity contribution is -0.137. The van der Waals surface area contributed by atoms with Crippen LogP contribution in [-0.4, -0.2) is 62.9 Å². The van der Waals surface area contributed by atoms with Crippen molar-refractivity contribution in [2.24, 2.45) is 0 Å². The quantitative estimate of drug-likeness (QED) is 0.597. The Bertz CT molecular complexity index is 1090. The van der Waals surface area contributed by atoms with Gasteiger partial charge in [-0.2, -0.15) is 0 Å². The lowest BCUT2D eigenvalue weighted by Crippen LogP contribution is -2.43. The number of morpholine rings is 1. The molecule has 1 amide bonds. The van der Waals surface area contributed by atoms with Crippen LogP contribution in [0.5, 0.6) is 11.5 Å². The maximum atomic E-state index is 12.6. The second-order valence-corrected chi connectivity index (χ2v) is 8.57. The molecule has 1 atom stereocenters. The highest BCUT2D eigenvalue weighted by Crippen LogP contribution is 2.38. The molecule has 5 rings (SSSR count). The van der Waals surface area contributed by atoms with E-state index >= 15 is 0 Å². The summed E-state index contributed by atoms with van der Waals surface area (Å²) >= 11 is 0. The number of ether oxygens (including phenoxy) is 3. The average Bonchev–Trinajstić information content (AvgIpc) is 3.40. The van der Waals surface area contributed by atoms with Crippen molar-refractivity contribution in [2.75, 3.05) is 46.1 Å². The number of amides is 1. The van der Waals surface area contributed by atoms with Gasteiger partial charge in [0.15, 0.2) is 6.61 Å². The predicted octanol–water partition coefficient (Wildman–Crippen LogP) is 3.88. The zero-order chi connectivity index (χ0) is 22.5. The van der Waals surface area contributed by atoms with Gasteiger partial charge in [0.25, 0.3) is 5.91 Å². The summed E-state index contributed by atoms with van der Waals surface area (Å²) in [6.45, 7) is 4.17. The van der Waals surface area contributed by atoms with E-state index in [4.69, 9.17) is 14.2 Å². The first kappa shape index (κ1) is 21.7. The second kappa shape index (κ2) is 10.2. The zero-order valence-electron chi connectivity index (χ0n) is 18.8. The summed E-state index contributed by atoms with van der Waals surface area (Å²) in [5.41, 5.74) is 2.03. The SMILES string of the molecule is O=C(COc1ccc2ccccc2c1-c1ccc(OCC2CCCN2)cc1)N1CCOCC1. The number of hydrogen-bond donors (Lipinski definition) is 1. The molecule has 2 fully saturated rings. The molecular formula is C27H30N2O4. The lowest BCUT2D eigenvalue weighted by Gasteiger charge is -2.27. The van der Waals surface area contributed by atoms with Gasteiger partial charge in [0.1, 0.15) is 18.1 Å². The molecule has 3 aromatic rings. The van der Waals surface area contributed by atoms with Crippen molar-refractivity contribution in [1.29, 1.82) is 0 Å². The number of carbonyl (C=O) groups excluding carboxylic acids is 1. The zero-order valence-corrected chi connectivity index (χ0v) is 18.8. The lowest BCUT2D eigenvalue weighted by atomic mass is 9.97. The first-order valence-electron chi connectivity index (χ1n) is 11.7. The molecule has 0 spiro atoms. The number of fused-ring (bicyclic) bond motifs is 1. The first-order chi connectivity index (χ1) is 16.3. The molecule has 172 valence electrons. The van der Waals surface area contributed by atoms with Gasteiger partial charge < -0.3 is 24.4 Å². The Labute approximate surface area is 194 Å². The van der Waals surface area contributed by atoms with Crippen LogP contribution in [0.3, 0.4) is 0 Å². The van der Waals surface area contributed by atoms with Crippen LogP contribution in [0.4, 0.5) is 0 Å². The number of nitrogens with zero attached hydrogens (tertiary/aromatic N) is 1. The van der Waals surface area contributed by atoms with Crippen LogP contribution in [0, 0.1) is 0 Å². The third kappa shape index (κ3) is 5.13. The highest BCUT2D eigenvalue weighted by Gasteiger charge is 2.19. The highest BCUT2D eigenvalue weighted by molar-refractivity contribution is 6.00. The smallest absolute Gasteiger partial charge is 0.260 e. The van der Waals surface area contributed by atoms with E-state index in [-0.39, 0.29) is 12.5 Å². The predicted molar refractivity (Wildman–Crippen MR) is 129 cm³/mol. The highest BCUT2D eigenvalue weighted by atomic mass is 16.5. The molecule has 6 heteroatoms. The molecule has 3 aromatic carbocycles. The van der Waals surface area contributed by atoms with E-state index in [0.717, 1.165) is 40.6 Å². The maximum Gasteiger partial charge on any atom is 0.260 e. The van der Waals surface area contributed by atoms with Gasteiger partial charge in [-0.3, -0.25) is 4.79 Å². The topological polar surface area (TPSA) is 60.0 Å². The van der Waals surface area contributed by atoms with E-state index in [1.54, 1.807) is 4.90 Å². The fourth-order valence-corrected chi connectivity index (χ4v) is 4.53. The summed E-state index contributed by atoms with van der Waals surface area (Å²) in [6, 6.07) is 20.8. The Balaban J connectivity index is 1.36. The maximum absolute atomic E-state index is 12.6. The molecule has 6 nitrogen and oxygen atoms in total. The summed E-state index contributed by atoms with van der Waals surface area (Å²) in [5, 5.41) is 5.69. The molecule has 1 N–H and O–H groups in total. The fourth-order valence-electron chi connectivity index (χ4n) is 4.53. The van der Waals surface area contributed by atoms with Gasteiger partial charge in [-0.15, -0.1) is 0 Å². The number of benzene rings is 3. The standard InChI is InChI=1S/C27H30N2O4/c30-26(29-14-16-31-17-15-29)19-33-25-12-9-20-4-1-2-6-24(20)27(25)21-7-10-23(11-8-21)32-18-22-5-3-13-28-22/h1-2,4,6-12,22,28H,3,5,13-19H2. The van der Waals surface area contributed by atoms with Gasteiger partial charge in [-0.1, -0.05) is 42.5 Å². The fraction of sp³-hybridized carbons (Fsp3) is 0.370. The average molecular weight is 447 g/mol. The van der Waals surface area contributed by atoms with Crippen LogP contribution in [0.15, 0.2) is 60.7 Å². The van der Waals surface area contributed by atoms with Crippen molar-refractivity contribution >= 4 is 16.7 Å². The minimum Gasteiger partial charge on any atom is -0.492 e. The minimum absolute atomic E-state index is 0.0123. The summed E-state index contributed by atoms with van der Waals surface area (Å²) < 4.78 is 17.4. The van der Waals surface area contributed by atoms with Gasteiger partial charge in [-0.25, -0.2) is 0 Å². The van der Waals surface area contributed by atoms with Crippen LogP contribution in [0.1, 0.15) is 12.8 Å². The number of carbonyl (C=O) groups is 1. The van der Waals surface area contributed by atoms with Crippen molar-refractivity contribution < 1.29 is 19.0 Å². The van der Waals surface area contributed by atoms with E-state index in [1.807, 2.05) is 36.4 Å². The molecule has 0 aliphatic carbocycles. The van der Waals surface area contributed by atoms with Crippen molar-refractivity contribution in [3.05, 3.63) is 60.7 Å². The van der Waals surface area contributed by atoms with Gasteiger partial charge in [-0.05, 0) is 53.9 Å². The molecule has 0 saturated carbocycles. The minimum atomic E-state index is -0.0123. The number of nitrogens with one attached hydrogen (secondary N) is 1. The molecule has 2 saturated heterocycles. The summed E-state index contributed by atoms with van der Waals surface area (Å²) in [6.07, 6.45) is 2.38. The molecule has 1 unspecified atom stereocenters. The molecular weight excluding hydrogens is 416 g/mol. The molecule has 0 bridgehead atoms. The van der Waals surface area contributed by atoms with Crippen molar-refractivity contribution in [3.8, 4) is 22.6 Å². The third-order valence-electron chi connectivity index (χ3n) is 6.36. The Hall–Kier alpha value is -3.09. The number of rotatable bonds is 7. The van der Waals surface area contributed by atoms with E-state index in [1.165, 1.54) is 6.42 Å². The Kier molecular flexibility index (Phi) is 6.74. The van der Waals surface area contributed by atoms with Crippen molar-refractivity contribution in [1.82, 2.24) is 10.2 Å². The van der Waals surface area contributed by atoms with Gasteiger partial charge in [0, 0.05) is 24.7 Å². The van der Waals surface area contributed by atoms with E-state index in [9.17, 15) is 4.79 Å².